The molecular formula is C16H21NO5. The van der Waals surface area contributed by atoms with Crippen LogP contribution in [0.25, 0.3) is 0 Å². The van der Waals surface area contributed by atoms with Crippen LogP contribution in [0.4, 0.5) is 4.79 Å². The van der Waals surface area contributed by atoms with Crippen LogP contribution in [-0.2, 0) is 25.6 Å². The lowest BCUT2D eigenvalue weighted by Gasteiger charge is -2.32. The number of hydrogen-bond donors (Lipinski definition) is 0. The molecule has 0 aliphatic carbocycles. The summed E-state index contributed by atoms with van der Waals surface area (Å²) in [6.07, 6.45) is -0.416. The maximum atomic E-state index is 12.4. The Morgan fingerprint density at radius 3 is 2.64 bits per heavy atom. The van der Waals surface area contributed by atoms with Gasteiger partial charge in [0.15, 0.2) is 0 Å². The molecule has 0 N–H and O–H groups in total. The number of hydrogen-bond acceptors (Lipinski definition) is 5. The molecular weight excluding hydrogens is 286 g/mol. The Balaban J connectivity index is 2.02. The fourth-order valence-electron chi connectivity index (χ4n) is 2.47. The second-order valence-electron chi connectivity index (χ2n) is 5.60. The van der Waals surface area contributed by atoms with Crippen LogP contribution in [0.15, 0.2) is 30.3 Å². The molecule has 1 aliphatic heterocycles. The lowest BCUT2D eigenvalue weighted by molar-refractivity contribution is -0.141. The van der Waals surface area contributed by atoms with Crippen LogP contribution in [0.5, 0.6) is 0 Å². The average Bonchev–Trinajstić information content (AvgIpc) is 2.80. The minimum atomic E-state index is -0.813. The van der Waals surface area contributed by atoms with E-state index in [1.165, 1.54) is 12.0 Å². The number of amides is 1. The fourth-order valence-corrected chi connectivity index (χ4v) is 2.47. The van der Waals surface area contributed by atoms with E-state index < -0.39 is 11.8 Å². The molecule has 1 aliphatic rings. The van der Waals surface area contributed by atoms with Gasteiger partial charge < -0.3 is 14.2 Å². The fraction of sp³-hybridized carbons (Fsp3) is 0.500. The van der Waals surface area contributed by atoms with Gasteiger partial charge in [-0.05, 0) is 19.4 Å². The zero-order valence-electron chi connectivity index (χ0n) is 13.1. The molecule has 0 spiro atoms. The third-order valence-electron chi connectivity index (χ3n) is 3.61. The number of carbonyl (C=O) groups excluding carboxylic acids is 2. The van der Waals surface area contributed by atoms with Gasteiger partial charge in [-0.2, -0.15) is 0 Å². The van der Waals surface area contributed by atoms with Gasteiger partial charge >= 0.3 is 12.1 Å². The van der Waals surface area contributed by atoms with Gasteiger partial charge in [0.25, 0.3) is 0 Å². The molecule has 1 fully saturated rings. The van der Waals surface area contributed by atoms with Gasteiger partial charge in [-0.3, -0.25) is 9.69 Å². The van der Waals surface area contributed by atoms with E-state index in [1.807, 2.05) is 30.3 Å². The second kappa shape index (κ2) is 6.79. The topological polar surface area (TPSA) is 65.1 Å². The molecule has 0 saturated carbocycles. The summed E-state index contributed by atoms with van der Waals surface area (Å²) >= 11 is 0. The second-order valence-corrected chi connectivity index (χ2v) is 5.60. The lowest BCUT2D eigenvalue weighted by atomic mass is 10.1. The highest BCUT2D eigenvalue weighted by Gasteiger charge is 2.45. The van der Waals surface area contributed by atoms with Crippen molar-refractivity contribution in [1.82, 2.24) is 4.90 Å². The van der Waals surface area contributed by atoms with E-state index >= 15 is 0 Å². The predicted molar refractivity (Wildman–Crippen MR) is 78.9 cm³/mol. The van der Waals surface area contributed by atoms with Crippen LogP contribution < -0.4 is 0 Å². The summed E-state index contributed by atoms with van der Waals surface area (Å²) in [6.45, 7) is 4.00. The smallest absolute Gasteiger partial charge is 0.412 e. The van der Waals surface area contributed by atoms with Crippen LogP contribution in [0, 0.1) is 0 Å². The molecule has 0 bridgehead atoms. The van der Waals surface area contributed by atoms with Crippen LogP contribution in [-0.4, -0.2) is 42.4 Å². The van der Waals surface area contributed by atoms with Gasteiger partial charge in [0.1, 0.15) is 12.3 Å². The number of ether oxygens (including phenoxy) is 3. The van der Waals surface area contributed by atoms with Crippen molar-refractivity contribution in [3.63, 3.8) is 0 Å². The highest BCUT2D eigenvalue weighted by atomic mass is 16.6. The van der Waals surface area contributed by atoms with Gasteiger partial charge in [0.2, 0.25) is 0 Å². The zero-order chi connectivity index (χ0) is 16.2. The first kappa shape index (κ1) is 16.3. The standard InChI is InChI=1S/C16H21NO5/c1-16(2)17(13(11-22-16)9-14(18)20-3)15(19)21-10-12-7-5-4-6-8-12/h4-8,13H,9-11H2,1-3H3. The summed E-state index contributed by atoms with van der Waals surface area (Å²) in [5.41, 5.74) is 0.0882. The minimum absolute atomic E-state index is 0.0837. The number of nitrogens with zero attached hydrogens (tertiary/aromatic N) is 1. The van der Waals surface area contributed by atoms with Gasteiger partial charge in [-0.25, -0.2) is 4.79 Å². The van der Waals surface area contributed by atoms with E-state index in [0.29, 0.717) is 0 Å². The maximum absolute atomic E-state index is 12.4. The SMILES string of the molecule is COC(=O)CC1COC(C)(C)N1C(=O)OCc1ccccc1. The van der Waals surface area contributed by atoms with E-state index in [-0.39, 0.29) is 31.6 Å². The molecule has 22 heavy (non-hydrogen) atoms. The van der Waals surface area contributed by atoms with Crippen molar-refractivity contribution >= 4 is 12.1 Å². The molecule has 1 amide bonds. The van der Waals surface area contributed by atoms with E-state index in [9.17, 15) is 9.59 Å². The van der Waals surface area contributed by atoms with Crippen LogP contribution in [0.2, 0.25) is 0 Å². The van der Waals surface area contributed by atoms with Crippen LogP contribution >= 0.6 is 0 Å². The Morgan fingerprint density at radius 2 is 2.00 bits per heavy atom. The molecule has 1 aromatic rings. The van der Waals surface area contributed by atoms with Gasteiger partial charge in [-0.1, -0.05) is 30.3 Å². The zero-order valence-corrected chi connectivity index (χ0v) is 13.1. The molecule has 1 saturated heterocycles. The van der Waals surface area contributed by atoms with E-state index in [4.69, 9.17) is 9.47 Å². The van der Waals surface area contributed by atoms with Crippen LogP contribution in [0.3, 0.4) is 0 Å². The predicted octanol–water partition coefficient (Wildman–Crippen LogP) is 2.32. The molecule has 0 radical (unpaired) electrons. The Labute approximate surface area is 129 Å². The first-order valence-corrected chi connectivity index (χ1v) is 7.15. The van der Waals surface area contributed by atoms with E-state index in [2.05, 4.69) is 4.74 Å². The van der Waals surface area contributed by atoms with Crippen molar-refractivity contribution in [1.29, 1.82) is 0 Å². The number of esters is 1. The molecule has 1 unspecified atom stereocenters. The third-order valence-corrected chi connectivity index (χ3v) is 3.61. The van der Waals surface area contributed by atoms with Crippen LogP contribution in [0.1, 0.15) is 25.8 Å². The third kappa shape index (κ3) is 3.76. The summed E-state index contributed by atoms with van der Waals surface area (Å²) in [7, 11) is 1.32. The first-order valence-electron chi connectivity index (χ1n) is 7.15. The van der Waals surface area contributed by atoms with E-state index in [0.717, 1.165) is 5.56 Å². The van der Waals surface area contributed by atoms with Crippen molar-refractivity contribution in [2.24, 2.45) is 0 Å². The average molecular weight is 307 g/mol. The molecule has 2 rings (SSSR count). The van der Waals surface area contributed by atoms with Gasteiger partial charge in [0, 0.05) is 0 Å². The number of rotatable bonds is 4. The molecule has 120 valence electrons. The summed E-state index contributed by atoms with van der Waals surface area (Å²) in [5, 5.41) is 0. The quantitative estimate of drug-likeness (QED) is 0.799. The Morgan fingerprint density at radius 1 is 1.32 bits per heavy atom. The molecule has 1 atom stereocenters. The minimum Gasteiger partial charge on any atom is -0.469 e. The Kier molecular flexibility index (Phi) is 5.03. The number of benzene rings is 1. The number of methoxy groups -OCH3 is 1. The van der Waals surface area contributed by atoms with Crippen molar-refractivity contribution in [2.45, 2.75) is 38.6 Å². The Hall–Kier alpha value is -2.08. The van der Waals surface area contributed by atoms with Crippen molar-refractivity contribution in [3.8, 4) is 0 Å². The van der Waals surface area contributed by atoms with Gasteiger partial charge in [0.05, 0.1) is 26.2 Å². The lowest BCUT2D eigenvalue weighted by Crippen LogP contribution is -2.48. The summed E-state index contributed by atoms with van der Waals surface area (Å²) in [6, 6.07) is 9.04. The molecule has 0 aromatic heterocycles. The van der Waals surface area contributed by atoms with E-state index in [1.54, 1.807) is 13.8 Å². The summed E-state index contributed by atoms with van der Waals surface area (Å²) < 4.78 is 15.6. The molecule has 6 heteroatoms. The number of carbonyl (C=O) groups is 2. The van der Waals surface area contributed by atoms with Crippen molar-refractivity contribution < 1.29 is 23.8 Å². The highest BCUT2D eigenvalue weighted by molar-refractivity contribution is 5.73. The normalized spacial score (nSPS) is 19.8. The maximum Gasteiger partial charge on any atom is 0.412 e. The summed E-state index contributed by atoms with van der Waals surface area (Å²) in [4.78, 5) is 25.3. The molecule has 1 aromatic carbocycles. The van der Waals surface area contributed by atoms with Crippen molar-refractivity contribution in [3.05, 3.63) is 35.9 Å². The Bertz CT molecular complexity index is 529. The first-order chi connectivity index (χ1) is 10.4. The molecule has 1 heterocycles. The monoisotopic (exact) mass is 307 g/mol. The summed E-state index contributed by atoms with van der Waals surface area (Å²) in [5.74, 6) is -0.382. The largest absolute Gasteiger partial charge is 0.469 e. The van der Waals surface area contributed by atoms with Gasteiger partial charge in [-0.15, -0.1) is 0 Å². The molecule has 6 nitrogen and oxygen atoms in total. The van der Waals surface area contributed by atoms with Crippen molar-refractivity contribution in [2.75, 3.05) is 13.7 Å². The highest BCUT2D eigenvalue weighted by Crippen LogP contribution is 2.30.